The first-order valence-corrected chi connectivity index (χ1v) is 36.9. The van der Waals surface area contributed by atoms with Gasteiger partial charge in [-0.2, -0.15) is 25.3 Å². The maximum atomic E-state index is 14.3. The molecule has 37 N–H and O–H groups in total. The number of guanidine groups is 2. The van der Waals surface area contributed by atoms with Gasteiger partial charge in [-0.3, -0.25) is 68.4 Å². The third kappa shape index (κ3) is 35.8. The maximum Gasteiger partial charge on any atom is 0.326 e. The predicted octanol–water partition coefficient (Wildman–Crippen LogP) is -9.83. The summed E-state index contributed by atoms with van der Waals surface area (Å²) < 4.78 is -1.42. The molecule has 0 radical (unpaired) electrons. The second-order valence-electron chi connectivity index (χ2n) is 26.7. The van der Waals surface area contributed by atoms with Crippen molar-refractivity contribution in [3.63, 3.8) is 0 Å². The van der Waals surface area contributed by atoms with Crippen LogP contribution in [0.1, 0.15) is 103 Å². The number of carbonyl (C=O) groups is 13. The van der Waals surface area contributed by atoms with Crippen LogP contribution in [0.5, 0.6) is 11.5 Å². The molecule has 0 spiro atoms. The number of carboxylic acid groups (broad SMARTS) is 1. The number of thiol groups is 2. The number of benzene rings is 2. The third-order valence-electron chi connectivity index (χ3n) is 16.9. The molecule has 0 unspecified atom stereocenters. The van der Waals surface area contributed by atoms with E-state index in [0.717, 1.165) is 6.92 Å². The van der Waals surface area contributed by atoms with E-state index in [9.17, 15) is 87.9 Å². The van der Waals surface area contributed by atoms with E-state index in [1.54, 1.807) is 0 Å². The number of phenols is 2. The molecule has 0 saturated carbocycles. The van der Waals surface area contributed by atoms with Gasteiger partial charge >= 0.3 is 5.97 Å². The van der Waals surface area contributed by atoms with Crippen molar-refractivity contribution in [3.8, 4) is 11.5 Å². The summed E-state index contributed by atoms with van der Waals surface area (Å²) in [6.07, 6.45) is -4.17. The number of phenolic OH excluding ortho intramolecular Hbond substituents is 2. The monoisotopic (exact) mass is 1610 g/mol. The van der Waals surface area contributed by atoms with Gasteiger partial charge in [0.2, 0.25) is 70.9 Å². The van der Waals surface area contributed by atoms with E-state index in [0.29, 0.717) is 17.5 Å². The average molecular weight is 1610 g/mol. The molecule has 0 aliphatic heterocycles. The number of rotatable bonds is 52. The van der Waals surface area contributed by atoms with Crippen molar-refractivity contribution in [2.45, 2.75) is 200 Å². The van der Waals surface area contributed by atoms with Crippen LogP contribution in [-0.4, -0.2) is 261 Å². The highest BCUT2D eigenvalue weighted by atomic mass is 32.1. The van der Waals surface area contributed by atoms with Crippen LogP contribution in [0.3, 0.4) is 0 Å². The Bertz CT molecular complexity index is 3420. The van der Waals surface area contributed by atoms with Gasteiger partial charge in [-0.1, -0.05) is 24.3 Å². The number of aliphatic hydroxyl groups excluding tert-OH is 2. The lowest BCUT2D eigenvalue weighted by molar-refractivity contribution is -0.142. The van der Waals surface area contributed by atoms with Crippen LogP contribution in [0, 0.1) is 10.8 Å². The summed E-state index contributed by atoms with van der Waals surface area (Å²) in [4.78, 5) is 181. The van der Waals surface area contributed by atoms with Gasteiger partial charge in [0, 0.05) is 43.0 Å². The van der Waals surface area contributed by atoms with Gasteiger partial charge in [-0.25, -0.2) is 4.79 Å². The minimum absolute atomic E-state index is 0.0193. The highest BCUT2D eigenvalue weighted by Gasteiger charge is 2.41. The van der Waals surface area contributed by atoms with Crippen LogP contribution in [0.2, 0.25) is 0 Å². The number of aliphatic carboxylic acids is 1. The number of aliphatic hydroxyl groups is 2. The quantitative estimate of drug-likeness (QED) is 0.0127. The number of carboxylic acids is 1. The van der Waals surface area contributed by atoms with Gasteiger partial charge in [0.05, 0.1) is 12.2 Å². The van der Waals surface area contributed by atoms with Crippen LogP contribution in [0.4, 0.5) is 0 Å². The molecule has 111 heavy (non-hydrogen) atoms. The minimum atomic E-state index is -1.90. The highest BCUT2D eigenvalue weighted by Crippen LogP contribution is 2.20. The average Bonchev–Trinajstić information content (AvgIpc) is 0.826. The summed E-state index contributed by atoms with van der Waals surface area (Å²) >= 11 is 8.79. The molecule has 0 aliphatic rings. The van der Waals surface area contributed by atoms with Gasteiger partial charge in [0.15, 0.2) is 11.9 Å². The summed E-state index contributed by atoms with van der Waals surface area (Å²) in [7, 11) is 0. The molecular weight excluding hydrogens is 1490 g/mol. The van der Waals surface area contributed by atoms with E-state index in [1.165, 1.54) is 69.3 Å². The van der Waals surface area contributed by atoms with Gasteiger partial charge in [0.1, 0.15) is 90.0 Å². The molecular formula is C67H114N24O18S2. The van der Waals surface area contributed by atoms with Crippen molar-refractivity contribution >= 4 is 114 Å². The van der Waals surface area contributed by atoms with Crippen molar-refractivity contribution in [1.29, 1.82) is 10.8 Å². The van der Waals surface area contributed by atoms with E-state index >= 15 is 0 Å². The van der Waals surface area contributed by atoms with E-state index < -0.39 is 191 Å². The first kappa shape index (κ1) is 97.1. The van der Waals surface area contributed by atoms with Gasteiger partial charge in [0.25, 0.3) is 0 Å². The Labute approximate surface area is 653 Å². The molecule has 0 aromatic heterocycles. The Morgan fingerprint density at radius 2 is 0.739 bits per heavy atom. The number of hydrogen-bond donors (Lipinski definition) is 31. The van der Waals surface area contributed by atoms with Crippen LogP contribution < -0.4 is 120 Å². The number of nitrogens with two attached hydrogens (primary N) is 8. The SMILES string of the molecule is C[C@@H](O)[C@H](N)C(=O)N[C@@H](Cc1ccc(O)cc1)C(=O)N[C@H](C(=O)N[C@@H](CN)C(=O)N[C@@H](CCCNC(=N)N)C(=O)N[C@@H](CCN)C(=O)N[C@H](C(=O)N[C@H](CCN)C(=O)N[C@@H](CCCCN)C(=O)N[C@@H](CS)C(=O)N[C@@H](CCN)C(=O)N[C@@H](CCCNC(=N)N)C(=O)N[C@@H](Cc1ccc(O)cc1)C(=O)O)[C@@H](C)O)C(C)(C)S. The van der Waals surface area contributed by atoms with Crippen LogP contribution in [-0.2, 0) is 75.2 Å². The van der Waals surface area contributed by atoms with Crippen LogP contribution >= 0.6 is 25.3 Å². The van der Waals surface area contributed by atoms with Crippen molar-refractivity contribution in [2.24, 2.45) is 45.9 Å². The second-order valence-corrected chi connectivity index (χ2v) is 28.2. The first-order valence-electron chi connectivity index (χ1n) is 35.8. The normalized spacial score (nSPS) is 15.3. The topological polar surface area (TPSA) is 747 Å². The van der Waals surface area contributed by atoms with Crippen molar-refractivity contribution in [1.82, 2.24) is 74.4 Å². The number of aromatic hydroxyl groups is 2. The zero-order chi connectivity index (χ0) is 83.8. The second kappa shape index (κ2) is 50.1. The van der Waals surface area contributed by atoms with Crippen molar-refractivity contribution in [3.05, 3.63) is 59.7 Å². The molecule has 44 heteroatoms. The van der Waals surface area contributed by atoms with E-state index in [4.69, 9.17) is 56.7 Å². The predicted molar refractivity (Wildman–Crippen MR) is 414 cm³/mol. The van der Waals surface area contributed by atoms with Gasteiger partial charge in [-0.15, -0.1) is 0 Å². The summed E-state index contributed by atoms with van der Waals surface area (Å²) in [5.74, 6) is -15.0. The number of nitrogens with one attached hydrogen (secondary N) is 16. The maximum absolute atomic E-state index is 14.3. The van der Waals surface area contributed by atoms with Gasteiger partial charge < -0.3 is 146 Å². The van der Waals surface area contributed by atoms with Crippen LogP contribution in [0.15, 0.2) is 48.5 Å². The molecule has 2 aromatic rings. The Kier molecular flexibility index (Phi) is 43.8. The first-order chi connectivity index (χ1) is 52.2. The summed E-state index contributed by atoms with van der Waals surface area (Å²) in [5.41, 5.74) is 47.1. The minimum Gasteiger partial charge on any atom is -0.508 e. The molecule has 0 heterocycles. The van der Waals surface area contributed by atoms with E-state index in [1.807, 2.05) is 0 Å². The third-order valence-corrected chi connectivity index (χ3v) is 17.5. The lowest BCUT2D eigenvalue weighted by atomic mass is 9.99. The molecule has 42 nitrogen and oxygen atoms in total. The molecule has 2 rings (SSSR count). The molecule has 2 aromatic carbocycles. The molecule has 0 aliphatic carbocycles. The molecule has 0 saturated heterocycles. The largest absolute Gasteiger partial charge is 0.508 e. The Morgan fingerprint density at radius 3 is 1.09 bits per heavy atom. The zero-order valence-corrected chi connectivity index (χ0v) is 64.3. The Morgan fingerprint density at radius 1 is 0.414 bits per heavy atom. The number of hydrogen-bond acceptors (Lipinski definition) is 27. The summed E-state index contributed by atoms with van der Waals surface area (Å²) in [5, 5.41) is 100. The molecule has 0 fully saturated rings. The van der Waals surface area contributed by atoms with E-state index in [2.05, 4.69) is 99.7 Å². The fourth-order valence-corrected chi connectivity index (χ4v) is 11.0. The van der Waals surface area contributed by atoms with Crippen molar-refractivity contribution < 1.29 is 87.9 Å². The number of amides is 12. The molecule has 15 atom stereocenters. The molecule has 12 amide bonds. The smallest absolute Gasteiger partial charge is 0.326 e. The van der Waals surface area contributed by atoms with E-state index in [-0.39, 0.29) is 127 Å². The fraction of sp³-hybridized carbons (Fsp3) is 0.597. The Hall–Kier alpha value is -9.93. The molecule has 622 valence electrons. The standard InChI is InChI=1S/C67H114N24O18S2/c1-33(92)49(73)61(105)86-45(29-35-12-16-37(94)17-13-35)58(102)91-51(67(3,4)111)63(107)88-47(31-72)59(103)82-40(10-7-27-78-65(74)75)52(96)83-44(22-26-71)57(101)90-50(34(2)93)62(106)85-43(21-25-70)56(100)80-39(9-5-6-23-68)54(98)89-48(32-110)60(104)84-42(20-24-69)55(99)81-41(11-8-28-79-66(76)77)53(97)87-46(64(108)109)30-36-14-18-38(95)19-15-36/h12-19,33-34,39-51,92-95,110-111H,5-11,20-32,68-73H2,1-4H3,(H,80,100)(H,81,99)(H,82,103)(H,83,96)(H,84,104)(H,85,106)(H,86,105)(H,87,97)(H,88,107)(H,89,98)(H,90,101)(H,91,102)(H,108,109)(H4,74,75,78)(H4,76,77,79)/t33-,34-,39+,40+,41+,42+,43-,44+,45+,46+,47+,48+,49+,50+,51-/m1/s1. The van der Waals surface area contributed by atoms with Gasteiger partial charge in [-0.05, 0) is 153 Å². The lowest BCUT2D eigenvalue weighted by Crippen LogP contribution is -2.64. The zero-order valence-electron chi connectivity index (χ0n) is 62.5. The summed E-state index contributed by atoms with van der Waals surface area (Å²) in [6, 6.07) is -9.10. The van der Waals surface area contributed by atoms with Crippen LogP contribution in [0.25, 0.3) is 0 Å². The highest BCUT2D eigenvalue weighted by molar-refractivity contribution is 7.81. The fourth-order valence-electron chi connectivity index (χ4n) is 10.6. The Balaban J connectivity index is 2.40. The lowest BCUT2D eigenvalue weighted by Gasteiger charge is -2.32. The number of unbranched alkanes of at least 4 members (excludes halogenated alkanes) is 1. The van der Waals surface area contributed by atoms with Crippen molar-refractivity contribution in [2.75, 3.05) is 51.6 Å². The number of carbonyl (C=O) groups excluding carboxylic acids is 12. The summed E-state index contributed by atoms with van der Waals surface area (Å²) in [6.45, 7) is 4.07. The molecule has 0 bridgehead atoms.